The fourth-order valence-electron chi connectivity index (χ4n) is 4.18. The van der Waals surface area contributed by atoms with E-state index in [0.717, 1.165) is 69.6 Å². The second-order valence-corrected chi connectivity index (χ2v) is 9.25. The fourth-order valence-corrected chi connectivity index (χ4v) is 5.14. The van der Waals surface area contributed by atoms with Crippen LogP contribution >= 0.6 is 22.9 Å². The van der Waals surface area contributed by atoms with E-state index in [1.807, 2.05) is 34.4 Å². The standard InChI is InChI=1S/C21H27ClN4OS/c22-18-3-1-4-19(15-18)25-10-12-26(13-11-25)21(27)17-24-8-6-23(7-9-24)16-20-5-2-14-28-20/h1-5,14-15H,6-13,16-17H2/p+2. The van der Waals surface area contributed by atoms with Crippen molar-refractivity contribution in [3.8, 4) is 0 Å². The van der Waals surface area contributed by atoms with E-state index >= 15 is 0 Å². The number of rotatable bonds is 5. The molecule has 3 heterocycles. The highest BCUT2D eigenvalue weighted by Crippen LogP contribution is 2.20. The van der Waals surface area contributed by atoms with Crippen molar-refractivity contribution in [2.75, 3.05) is 63.8 Å². The maximum Gasteiger partial charge on any atom is 0.277 e. The summed E-state index contributed by atoms with van der Waals surface area (Å²) in [6.45, 7) is 9.62. The molecule has 2 saturated heterocycles. The molecule has 0 unspecified atom stereocenters. The van der Waals surface area contributed by atoms with Crippen molar-refractivity contribution < 1.29 is 14.6 Å². The van der Waals surface area contributed by atoms with Gasteiger partial charge in [-0.1, -0.05) is 23.7 Å². The van der Waals surface area contributed by atoms with Gasteiger partial charge in [0.25, 0.3) is 5.91 Å². The van der Waals surface area contributed by atoms with Gasteiger partial charge in [-0.2, -0.15) is 0 Å². The van der Waals surface area contributed by atoms with Crippen LogP contribution in [0.3, 0.4) is 0 Å². The van der Waals surface area contributed by atoms with Crippen LogP contribution < -0.4 is 14.7 Å². The molecular weight excluding hydrogens is 392 g/mol. The van der Waals surface area contributed by atoms with Crippen molar-refractivity contribution in [3.05, 3.63) is 51.7 Å². The van der Waals surface area contributed by atoms with Gasteiger partial charge in [-0.3, -0.25) is 4.79 Å². The summed E-state index contributed by atoms with van der Waals surface area (Å²) in [5.74, 6) is 0.308. The lowest BCUT2D eigenvalue weighted by Gasteiger charge is -2.37. The van der Waals surface area contributed by atoms with Crippen LogP contribution in [0.25, 0.3) is 0 Å². The number of quaternary nitrogens is 2. The second-order valence-electron chi connectivity index (χ2n) is 7.78. The van der Waals surface area contributed by atoms with Crippen molar-refractivity contribution in [3.63, 3.8) is 0 Å². The predicted octanol–water partition coefficient (Wildman–Crippen LogP) is 0.0337. The zero-order valence-corrected chi connectivity index (χ0v) is 17.8. The normalized spacial score (nSPS) is 23.0. The maximum absolute atomic E-state index is 12.8. The van der Waals surface area contributed by atoms with Gasteiger partial charge < -0.3 is 19.6 Å². The number of anilines is 1. The number of hydrogen-bond donors (Lipinski definition) is 2. The van der Waals surface area contributed by atoms with Gasteiger partial charge in [0, 0.05) is 36.9 Å². The largest absolute Gasteiger partial charge is 0.368 e. The Morgan fingerprint density at radius 2 is 1.75 bits per heavy atom. The molecule has 2 fully saturated rings. The minimum absolute atomic E-state index is 0.308. The van der Waals surface area contributed by atoms with Gasteiger partial charge in [-0.25, -0.2) is 0 Å². The highest BCUT2D eigenvalue weighted by Gasteiger charge is 2.28. The molecule has 2 N–H and O–H groups in total. The summed E-state index contributed by atoms with van der Waals surface area (Å²) < 4.78 is 0. The van der Waals surface area contributed by atoms with E-state index in [-0.39, 0.29) is 0 Å². The van der Waals surface area contributed by atoms with Crippen molar-refractivity contribution in [1.29, 1.82) is 0 Å². The fraction of sp³-hybridized carbons (Fsp3) is 0.476. The summed E-state index contributed by atoms with van der Waals surface area (Å²) in [4.78, 5) is 21.7. The van der Waals surface area contributed by atoms with Crippen LogP contribution in [-0.4, -0.2) is 69.7 Å². The summed E-state index contributed by atoms with van der Waals surface area (Å²) in [6.07, 6.45) is 0. The molecule has 7 heteroatoms. The van der Waals surface area contributed by atoms with Crippen LogP contribution in [0.1, 0.15) is 4.88 Å². The minimum atomic E-state index is 0.308. The number of thiophene rings is 1. The SMILES string of the molecule is O=C(C[NH+]1CC[NH+](Cc2cccs2)CC1)N1CCN(c2cccc(Cl)c2)CC1. The Morgan fingerprint density at radius 1 is 1.00 bits per heavy atom. The molecule has 0 saturated carbocycles. The number of benzene rings is 1. The molecule has 2 aromatic rings. The van der Waals surface area contributed by atoms with Crippen LogP contribution in [0.2, 0.25) is 5.02 Å². The lowest BCUT2D eigenvalue weighted by molar-refractivity contribution is -1.02. The molecule has 0 bridgehead atoms. The Morgan fingerprint density at radius 3 is 2.43 bits per heavy atom. The molecule has 5 nitrogen and oxygen atoms in total. The van der Waals surface area contributed by atoms with Gasteiger partial charge in [-0.05, 0) is 29.6 Å². The first-order valence-electron chi connectivity index (χ1n) is 10.2. The number of amides is 1. The molecular formula is C21H29ClN4OS+2. The van der Waals surface area contributed by atoms with E-state index in [1.54, 1.807) is 4.90 Å². The smallest absolute Gasteiger partial charge is 0.277 e. The third-order valence-electron chi connectivity index (χ3n) is 5.88. The van der Waals surface area contributed by atoms with Crippen molar-refractivity contribution in [2.24, 2.45) is 0 Å². The monoisotopic (exact) mass is 420 g/mol. The zero-order valence-electron chi connectivity index (χ0n) is 16.2. The molecule has 2 aliphatic heterocycles. The van der Waals surface area contributed by atoms with Crippen molar-refractivity contribution >= 4 is 34.5 Å². The van der Waals surface area contributed by atoms with Crippen LogP contribution in [0.4, 0.5) is 5.69 Å². The van der Waals surface area contributed by atoms with Gasteiger partial charge in [0.2, 0.25) is 0 Å². The highest BCUT2D eigenvalue weighted by atomic mass is 35.5. The van der Waals surface area contributed by atoms with Crippen molar-refractivity contribution in [2.45, 2.75) is 6.54 Å². The molecule has 0 atom stereocenters. The summed E-state index contributed by atoms with van der Waals surface area (Å²) in [6, 6.07) is 12.3. The third kappa shape index (κ3) is 5.06. The minimum Gasteiger partial charge on any atom is -0.368 e. The first kappa shape index (κ1) is 19.7. The van der Waals surface area contributed by atoms with Crippen LogP contribution in [0.15, 0.2) is 41.8 Å². The summed E-state index contributed by atoms with van der Waals surface area (Å²) in [7, 11) is 0. The average molecular weight is 421 g/mol. The second kappa shape index (κ2) is 9.27. The molecule has 150 valence electrons. The Balaban J connectivity index is 1.20. The summed E-state index contributed by atoms with van der Waals surface area (Å²) >= 11 is 7.95. The van der Waals surface area contributed by atoms with Gasteiger partial charge in [0.1, 0.15) is 32.7 Å². The average Bonchev–Trinajstić information content (AvgIpc) is 3.23. The van der Waals surface area contributed by atoms with E-state index in [0.29, 0.717) is 12.5 Å². The summed E-state index contributed by atoms with van der Waals surface area (Å²) in [5.41, 5.74) is 1.15. The number of carbonyl (C=O) groups is 1. The number of hydrogen-bond acceptors (Lipinski definition) is 3. The Kier molecular flexibility index (Phi) is 6.52. The molecule has 1 aromatic heterocycles. The molecule has 1 amide bonds. The van der Waals surface area contributed by atoms with Gasteiger partial charge in [-0.15, -0.1) is 11.3 Å². The Bertz CT molecular complexity index is 768. The van der Waals surface area contributed by atoms with Crippen LogP contribution in [0.5, 0.6) is 0 Å². The van der Waals surface area contributed by atoms with Gasteiger partial charge in [0.15, 0.2) is 6.54 Å². The maximum atomic E-state index is 12.8. The number of carbonyl (C=O) groups excluding carboxylic acids is 1. The first-order valence-corrected chi connectivity index (χ1v) is 11.4. The van der Waals surface area contributed by atoms with E-state index in [9.17, 15) is 4.79 Å². The van der Waals surface area contributed by atoms with Gasteiger partial charge >= 0.3 is 0 Å². The summed E-state index contributed by atoms with van der Waals surface area (Å²) in [5, 5.41) is 2.92. The highest BCUT2D eigenvalue weighted by molar-refractivity contribution is 7.09. The Hall–Kier alpha value is -1.60. The van der Waals surface area contributed by atoms with Crippen molar-refractivity contribution in [1.82, 2.24) is 4.90 Å². The van der Waals surface area contributed by atoms with Crippen LogP contribution in [0, 0.1) is 0 Å². The quantitative estimate of drug-likeness (QED) is 0.715. The first-order chi connectivity index (χ1) is 13.7. The van der Waals surface area contributed by atoms with E-state index in [4.69, 9.17) is 11.6 Å². The topological polar surface area (TPSA) is 32.4 Å². The van der Waals surface area contributed by atoms with Gasteiger partial charge in [0.05, 0.1) is 4.88 Å². The predicted molar refractivity (Wildman–Crippen MR) is 115 cm³/mol. The zero-order chi connectivity index (χ0) is 19.3. The van der Waals surface area contributed by atoms with E-state index < -0.39 is 0 Å². The molecule has 1 aromatic carbocycles. The van der Waals surface area contributed by atoms with E-state index in [1.165, 1.54) is 9.78 Å². The Labute approximate surface area is 176 Å². The number of halogens is 1. The molecule has 0 aliphatic carbocycles. The lowest BCUT2D eigenvalue weighted by Crippen LogP contribution is -3.28. The molecule has 28 heavy (non-hydrogen) atoms. The number of piperazine rings is 2. The van der Waals surface area contributed by atoms with E-state index in [2.05, 4.69) is 28.5 Å². The molecule has 4 rings (SSSR count). The number of nitrogens with zero attached hydrogens (tertiary/aromatic N) is 2. The lowest BCUT2D eigenvalue weighted by atomic mass is 10.2. The number of nitrogens with one attached hydrogen (secondary N) is 2. The molecule has 0 radical (unpaired) electrons. The van der Waals surface area contributed by atoms with Crippen LogP contribution in [-0.2, 0) is 11.3 Å². The molecule has 2 aliphatic rings. The third-order valence-corrected chi connectivity index (χ3v) is 6.99. The molecule has 0 spiro atoms.